The van der Waals surface area contributed by atoms with Crippen LogP contribution < -0.4 is 4.90 Å². The van der Waals surface area contributed by atoms with E-state index in [1.807, 2.05) is 35.2 Å². The molecule has 3 aromatic rings. The second kappa shape index (κ2) is 8.13. The topological polar surface area (TPSA) is 38.1 Å². The van der Waals surface area contributed by atoms with Crippen molar-refractivity contribution in [2.24, 2.45) is 0 Å². The number of nitrogens with zero attached hydrogens (tertiary/aromatic N) is 3. The number of benzene rings is 2. The molecular formula is C23H23N3OS3. The first-order valence-electron chi connectivity index (χ1n) is 9.68. The number of carbonyl (C=O) groups excluding carboxylic acids is 1. The summed E-state index contributed by atoms with van der Waals surface area (Å²) in [5.41, 5.74) is 4.98. The van der Waals surface area contributed by atoms with Gasteiger partial charge >= 0.3 is 0 Å². The predicted octanol–water partition coefficient (Wildman–Crippen LogP) is 6.29. The number of fused-ring (bicyclic) bond motifs is 1. The van der Waals surface area contributed by atoms with Gasteiger partial charge < -0.3 is 4.90 Å². The molecule has 0 radical (unpaired) electrons. The molecule has 0 spiro atoms. The Labute approximate surface area is 190 Å². The van der Waals surface area contributed by atoms with Crippen LogP contribution in [0.2, 0.25) is 0 Å². The molecule has 4 rings (SSSR count). The number of carbonyl (C=O) groups is 1. The molecule has 0 unspecified atom stereocenters. The minimum Gasteiger partial charge on any atom is -0.302 e. The highest BCUT2D eigenvalue weighted by Crippen LogP contribution is 2.40. The van der Waals surface area contributed by atoms with E-state index in [1.54, 1.807) is 4.68 Å². The standard InChI is InChI=1S/C23H23N3OS3/c1-15-10-11-18-16(2)13-23(3,4)25(19(18)12-15)20(27)14-29-21-24-26(22(28)30-21)17-8-6-5-7-9-17/h5-13H,14H2,1-4H3. The van der Waals surface area contributed by atoms with E-state index >= 15 is 0 Å². The van der Waals surface area contributed by atoms with Crippen molar-refractivity contribution in [1.82, 2.24) is 9.78 Å². The van der Waals surface area contributed by atoms with Crippen molar-refractivity contribution in [1.29, 1.82) is 0 Å². The van der Waals surface area contributed by atoms with Gasteiger partial charge in [-0.3, -0.25) is 4.79 Å². The molecule has 1 aliphatic heterocycles. The molecule has 2 heterocycles. The number of rotatable bonds is 4. The van der Waals surface area contributed by atoms with Crippen molar-refractivity contribution in [2.75, 3.05) is 10.7 Å². The Morgan fingerprint density at radius 1 is 1.17 bits per heavy atom. The first kappa shape index (κ1) is 21.0. The van der Waals surface area contributed by atoms with Crippen molar-refractivity contribution in [2.45, 2.75) is 37.6 Å². The van der Waals surface area contributed by atoms with Crippen LogP contribution in [0.5, 0.6) is 0 Å². The molecule has 0 aliphatic carbocycles. The van der Waals surface area contributed by atoms with Crippen LogP contribution in [0.4, 0.5) is 5.69 Å². The van der Waals surface area contributed by atoms with Crippen LogP contribution >= 0.6 is 35.3 Å². The van der Waals surface area contributed by atoms with Crippen LogP contribution in [0.15, 0.2) is 58.9 Å². The Kier molecular flexibility index (Phi) is 5.70. The Balaban J connectivity index is 1.58. The lowest BCUT2D eigenvalue weighted by atomic mass is 9.88. The second-order valence-electron chi connectivity index (χ2n) is 7.90. The summed E-state index contributed by atoms with van der Waals surface area (Å²) in [7, 11) is 0. The number of hydrogen-bond donors (Lipinski definition) is 0. The molecule has 0 bridgehead atoms. The second-order valence-corrected chi connectivity index (χ2v) is 10.7. The minimum atomic E-state index is -0.390. The normalized spacial score (nSPS) is 14.9. The zero-order chi connectivity index (χ0) is 21.5. The molecule has 4 nitrogen and oxygen atoms in total. The van der Waals surface area contributed by atoms with Crippen LogP contribution in [-0.4, -0.2) is 27.0 Å². The van der Waals surface area contributed by atoms with Crippen LogP contribution in [0.3, 0.4) is 0 Å². The van der Waals surface area contributed by atoms with Gasteiger partial charge in [-0.1, -0.05) is 59.5 Å². The Hall–Kier alpha value is -2.22. The summed E-state index contributed by atoms with van der Waals surface area (Å²) in [6, 6.07) is 16.1. The zero-order valence-corrected chi connectivity index (χ0v) is 19.8. The van der Waals surface area contributed by atoms with Gasteiger partial charge in [-0.15, -0.1) is 5.10 Å². The summed E-state index contributed by atoms with van der Waals surface area (Å²) in [4.78, 5) is 15.3. The molecule has 0 saturated heterocycles. The van der Waals surface area contributed by atoms with Gasteiger partial charge in [-0.2, -0.15) is 0 Å². The molecule has 7 heteroatoms. The molecule has 1 amide bonds. The van der Waals surface area contributed by atoms with E-state index in [4.69, 9.17) is 12.2 Å². The number of hydrogen-bond acceptors (Lipinski definition) is 5. The van der Waals surface area contributed by atoms with Gasteiger partial charge in [0.1, 0.15) is 0 Å². The summed E-state index contributed by atoms with van der Waals surface area (Å²) in [6.45, 7) is 8.33. The van der Waals surface area contributed by atoms with E-state index in [0.717, 1.165) is 26.8 Å². The molecule has 0 fully saturated rings. The Bertz CT molecular complexity index is 1190. The summed E-state index contributed by atoms with van der Waals surface area (Å²) in [5, 5.41) is 4.62. The highest BCUT2D eigenvalue weighted by atomic mass is 32.2. The highest BCUT2D eigenvalue weighted by Gasteiger charge is 2.35. The van der Waals surface area contributed by atoms with Gasteiger partial charge in [-0.25, -0.2) is 4.68 Å². The fourth-order valence-electron chi connectivity index (χ4n) is 3.84. The lowest BCUT2D eigenvalue weighted by Gasteiger charge is -2.41. The quantitative estimate of drug-likeness (QED) is 0.344. The average molecular weight is 454 g/mol. The number of amides is 1. The van der Waals surface area contributed by atoms with E-state index in [1.165, 1.54) is 28.7 Å². The maximum atomic E-state index is 13.3. The first-order valence-corrected chi connectivity index (χ1v) is 11.9. The zero-order valence-electron chi connectivity index (χ0n) is 17.4. The molecule has 2 aromatic carbocycles. The molecule has 30 heavy (non-hydrogen) atoms. The Morgan fingerprint density at radius 2 is 1.90 bits per heavy atom. The minimum absolute atomic E-state index is 0.0629. The molecule has 154 valence electrons. The predicted molar refractivity (Wildman–Crippen MR) is 129 cm³/mol. The van der Waals surface area contributed by atoms with Crippen LogP contribution in [0.25, 0.3) is 11.3 Å². The largest absolute Gasteiger partial charge is 0.302 e. The summed E-state index contributed by atoms with van der Waals surface area (Å²) >= 11 is 8.35. The van der Waals surface area contributed by atoms with Crippen molar-refractivity contribution in [3.63, 3.8) is 0 Å². The third-order valence-electron chi connectivity index (χ3n) is 5.06. The smallest absolute Gasteiger partial charge is 0.238 e. The van der Waals surface area contributed by atoms with E-state index in [0.29, 0.717) is 9.71 Å². The Morgan fingerprint density at radius 3 is 2.63 bits per heavy atom. The van der Waals surface area contributed by atoms with Crippen molar-refractivity contribution < 1.29 is 4.79 Å². The third-order valence-corrected chi connectivity index (χ3v) is 7.41. The van der Waals surface area contributed by atoms with Crippen LogP contribution in [-0.2, 0) is 4.79 Å². The van der Waals surface area contributed by atoms with Crippen molar-refractivity contribution >= 4 is 52.5 Å². The number of para-hydroxylation sites is 1. The molecular weight excluding hydrogens is 430 g/mol. The fraction of sp³-hybridized carbons (Fsp3) is 0.261. The van der Waals surface area contributed by atoms with Gasteiger partial charge in [-0.05, 0) is 69.2 Å². The molecule has 1 aliphatic rings. The number of thioether (sulfide) groups is 1. The van der Waals surface area contributed by atoms with Crippen molar-refractivity contribution in [3.05, 3.63) is 69.7 Å². The average Bonchev–Trinajstić information content (AvgIpc) is 3.06. The van der Waals surface area contributed by atoms with E-state index in [2.05, 4.69) is 57.1 Å². The lowest BCUT2D eigenvalue weighted by Crippen LogP contribution is -2.49. The molecule has 0 N–H and O–H groups in total. The maximum absolute atomic E-state index is 13.3. The van der Waals surface area contributed by atoms with E-state index < -0.39 is 5.54 Å². The van der Waals surface area contributed by atoms with Gasteiger partial charge in [0.15, 0.2) is 8.29 Å². The maximum Gasteiger partial charge on any atom is 0.238 e. The molecule has 1 aromatic heterocycles. The molecule has 0 atom stereocenters. The number of anilines is 1. The lowest BCUT2D eigenvalue weighted by molar-refractivity contribution is -0.116. The van der Waals surface area contributed by atoms with E-state index in [-0.39, 0.29) is 5.91 Å². The fourth-order valence-corrected chi connectivity index (χ4v) is 6.05. The van der Waals surface area contributed by atoms with Gasteiger partial charge in [0.2, 0.25) is 5.91 Å². The summed E-state index contributed by atoms with van der Waals surface area (Å²) in [5.74, 6) is 0.369. The van der Waals surface area contributed by atoms with Gasteiger partial charge in [0, 0.05) is 5.56 Å². The van der Waals surface area contributed by atoms with Crippen molar-refractivity contribution in [3.8, 4) is 5.69 Å². The monoisotopic (exact) mass is 453 g/mol. The summed E-state index contributed by atoms with van der Waals surface area (Å²) < 4.78 is 3.22. The van der Waals surface area contributed by atoms with E-state index in [9.17, 15) is 4.79 Å². The SMILES string of the molecule is CC1=CC(C)(C)N(C(=O)CSc2nn(-c3ccccc3)c(=S)s2)c2cc(C)ccc21. The first-order chi connectivity index (χ1) is 14.3. The number of allylic oxidation sites excluding steroid dienone is 1. The van der Waals surface area contributed by atoms with Crippen LogP contribution in [0.1, 0.15) is 31.9 Å². The summed E-state index contributed by atoms with van der Waals surface area (Å²) in [6.07, 6.45) is 2.17. The van der Waals surface area contributed by atoms with Gasteiger partial charge in [0.05, 0.1) is 22.7 Å². The van der Waals surface area contributed by atoms with Gasteiger partial charge in [0.25, 0.3) is 0 Å². The third kappa shape index (κ3) is 4.02. The number of aromatic nitrogens is 2. The van der Waals surface area contributed by atoms with Crippen LogP contribution in [0, 0.1) is 10.9 Å². The molecule has 0 saturated carbocycles. The number of aryl methyl sites for hydroxylation is 1. The highest BCUT2D eigenvalue weighted by molar-refractivity contribution is 8.01.